The van der Waals surface area contributed by atoms with E-state index >= 15 is 0 Å². The first-order valence-electron chi connectivity index (χ1n) is 8.02. The lowest BCUT2D eigenvalue weighted by molar-refractivity contribution is -0.137. The lowest BCUT2D eigenvalue weighted by Crippen LogP contribution is -2.70. The second kappa shape index (κ2) is 4.36. The predicted octanol–water partition coefficient (Wildman–Crippen LogP) is 1.16. The smallest absolute Gasteiger partial charge is 0.196 e. The summed E-state index contributed by atoms with van der Waals surface area (Å²) >= 11 is 0. The maximum absolute atomic E-state index is 12.4. The van der Waals surface area contributed by atoms with Gasteiger partial charge in [-0.15, -0.1) is 0 Å². The fourth-order valence-electron chi connectivity index (χ4n) is 4.59. The van der Waals surface area contributed by atoms with Gasteiger partial charge in [-0.3, -0.25) is 4.79 Å². The molecule has 0 spiro atoms. The van der Waals surface area contributed by atoms with E-state index in [0.717, 1.165) is 17.7 Å². The van der Waals surface area contributed by atoms with Gasteiger partial charge in [0.05, 0.1) is 5.41 Å². The molecule has 0 bridgehead atoms. The number of ether oxygens (including phenoxy) is 1. The summed E-state index contributed by atoms with van der Waals surface area (Å²) in [6, 6.07) is 3.33. The number of likely N-dealkylation sites (N-methyl/N-ethyl adjacent to an activating group) is 1. The summed E-state index contributed by atoms with van der Waals surface area (Å²) in [6.45, 7) is 4.71. The molecule has 5 nitrogen and oxygen atoms in total. The van der Waals surface area contributed by atoms with Crippen LogP contribution < -0.4 is 4.74 Å². The molecule has 0 saturated carbocycles. The largest absolute Gasteiger partial charge is 0.504 e. The molecule has 1 aromatic rings. The molecule has 1 aliphatic heterocycles. The summed E-state index contributed by atoms with van der Waals surface area (Å²) in [4.78, 5) is 14.5. The molecule has 0 saturated heterocycles. The summed E-state index contributed by atoms with van der Waals surface area (Å²) in [5, 5.41) is 21.8. The third kappa shape index (κ3) is 1.52. The molecule has 2 N–H and O–H groups in total. The normalized spacial score (nSPS) is 37.0. The number of benzene rings is 1. The first-order valence-corrected chi connectivity index (χ1v) is 8.02. The summed E-state index contributed by atoms with van der Waals surface area (Å²) in [5.41, 5.74) is -0.305. The number of ketones is 1. The Bertz CT molecular complexity index is 743. The third-order valence-corrected chi connectivity index (χ3v) is 6.05. The Kier molecular flexibility index (Phi) is 2.79. The van der Waals surface area contributed by atoms with E-state index in [0.29, 0.717) is 12.2 Å². The predicted molar refractivity (Wildman–Crippen MR) is 84.8 cm³/mol. The minimum Gasteiger partial charge on any atom is -0.504 e. The summed E-state index contributed by atoms with van der Waals surface area (Å²) < 4.78 is 5.85. The third-order valence-electron chi connectivity index (χ3n) is 6.05. The lowest BCUT2D eigenvalue weighted by atomic mass is 9.55. The summed E-state index contributed by atoms with van der Waals surface area (Å²) in [7, 11) is 1.98. The van der Waals surface area contributed by atoms with Crippen LogP contribution in [0, 0.1) is 0 Å². The maximum Gasteiger partial charge on any atom is 0.196 e. The Morgan fingerprint density at radius 3 is 2.87 bits per heavy atom. The highest BCUT2D eigenvalue weighted by Gasteiger charge is 2.67. The van der Waals surface area contributed by atoms with Crippen molar-refractivity contribution in [3.63, 3.8) is 0 Å². The van der Waals surface area contributed by atoms with E-state index in [4.69, 9.17) is 4.74 Å². The van der Waals surface area contributed by atoms with Crippen molar-refractivity contribution in [3.05, 3.63) is 35.4 Å². The number of phenols is 1. The number of aliphatic hydroxyl groups is 1. The van der Waals surface area contributed by atoms with Crippen LogP contribution in [0.1, 0.15) is 25.0 Å². The van der Waals surface area contributed by atoms with Crippen molar-refractivity contribution >= 4 is 5.78 Å². The fraction of sp³-hybridized carbons (Fsp3) is 0.500. The number of carbonyl (C=O) groups excluding carboxylic acids is 1. The van der Waals surface area contributed by atoms with Crippen LogP contribution in [0.25, 0.3) is 0 Å². The van der Waals surface area contributed by atoms with Crippen LogP contribution in [0.5, 0.6) is 11.5 Å². The van der Waals surface area contributed by atoms with Crippen LogP contribution in [0.3, 0.4) is 0 Å². The van der Waals surface area contributed by atoms with Crippen molar-refractivity contribution < 1.29 is 19.7 Å². The zero-order valence-electron chi connectivity index (χ0n) is 13.5. The average molecular weight is 315 g/mol. The number of nitrogens with zero attached hydrogens (tertiary/aromatic N) is 1. The average Bonchev–Trinajstić information content (AvgIpc) is 2.87. The van der Waals surface area contributed by atoms with Crippen LogP contribution in [0.15, 0.2) is 24.3 Å². The van der Waals surface area contributed by atoms with Crippen LogP contribution in [0.4, 0.5) is 0 Å². The Hall–Kier alpha value is -1.85. The molecule has 2 aliphatic carbocycles. The van der Waals surface area contributed by atoms with Crippen LogP contribution in [-0.2, 0) is 16.6 Å². The summed E-state index contributed by atoms with van der Waals surface area (Å²) in [6.07, 6.45) is 2.91. The first kappa shape index (κ1) is 14.7. The van der Waals surface area contributed by atoms with Gasteiger partial charge < -0.3 is 19.8 Å². The van der Waals surface area contributed by atoms with E-state index in [9.17, 15) is 15.0 Å². The Morgan fingerprint density at radius 2 is 2.17 bits per heavy atom. The second-order valence-electron chi connectivity index (χ2n) is 7.00. The molecular formula is C18H21NO4. The van der Waals surface area contributed by atoms with E-state index in [2.05, 4.69) is 4.90 Å². The van der Waals surface area contributed by atoms with E-state index in [1.165, 1.54) is 6.08 Å². The second-order valence-corrected chi connectivity index (χ2v) is 7.00. The number of aromatic hydroxyl groups is 1. The Morgan fingerprint density at radius 1 is 1.43 bits per heavy atom. The molecule has 0 amide bonds. The highest BCUT2D eigenvalue weighted by molar-refractivity contribution is 5.98. The van der Waals surface area contributed by atoms with Crippen molar-refractivity contribution in [2.45, 2.75) is 43.4 Å². The van der Waals surface area contributed by atoms with Gasteiger partial charge in [-0.25, -0.2) is 0 Å². The molecule has 1 unspecified atom stereocenters. The Labute approximate surface area is 135 Å². The molecule has 0 radical (unpaired) electrons. The van der Waals surface area contributed by atoms with Gasteiger partial charge in [0.25, 0.3) is 0 Å². The highest BCUT2D eigenvalue weighted by atomic mass is 16.5. The van der Waals surface area contributed by atoms with Gasteiger partial charge >= 0.3 is 0 Å². The minimum absolute atomic E-state index is 0.0248. The molecule has 23 heavy (non-hydrogen) atoms. The zero-order chi connectivity index (χ0) is 16.6. The molecule has 122 valence electrons. The van der Waals surface area contributed by atoms with Gasteiger partial charge in [0.15, 0.2) is 23.4 Å². The molecule has 0 aromatic heterocycles. The van der Waals surface area contributed by atoms with Crippen molar-refractivity contribution in [1.82, 2.24) is 4.90 Å². The molecule has 4 rings (SSSR count). The van der Waals surface area contributed by atoms with Gasteiger partial charge in [0.1, 0.15) is 5.60 Å². The van der Waals surface area contributed by atoms with E-state index in [1.54, 1.807) is 12.1 Å². The van der Waals surface area contributed by atoms with Crippen LogP contribution >= 0.6 is 0 Å². The quantitative estimate of drug-likeness (QED) is 0.857. The molecule has 5 heteroatoms. The highest BCUT2D eigenvalue weighted by Crippen LogP contribution is 2.60. The van der Waals surface area contributed by atoms with Gasteiger partial charge in [0, 0.05) is 11.6 Å². The number of carbonyl (C=O) groups is 1. The van der Waals surface area contributed by atoms with Gasteiger partial charge in [-0.05, 0) is 50.7 Å². The summed E-state index contributed by atoms with van der Waals surface area (Å²) in [5.74, 6) is 0.207. The molecular weight excluding hydrogens is 294 g/mol. The number of hydrogen-bond acceptors (Lipinski definition) is 5. The maximum atomic E-state index is 12.4. The monoisotopic (exact) mass is 315 g/mol. The number of rotatable bonds is 2. The molecule has 4 atom stereocenters. The fourth-order valence-corrected chi connectivity index (χ4v) is 4.59. The van der Waals surface area contributed by atoms with Crippen LogP contribution in [-0.4, -0.2) is 52.2 Å². The van der Waals surface area contributed by atoms with E-state index in [1.807, 2.05) is 27.0 Å². The Balaban J connectivity index is 2.04. The van der Waals surface area contributed by atoms with Crippen molar-refractivity contribution in [1.29, 1.82) is 0 Å². The molecule has 0 fully saturated rings. The van der Waals surface area contributed by atoms with E-state index in [-0.39, 0.29) is 17.6 Å². The molecule has 3 aliphatic rings. The standard InChI is InChI=1S/C18H21NO4/c1-4-19(3)13-9-10-5-6-11(20)15-14(10)17(2)16(23-15)12(21)7-8-18(13,17)22/h5-8,13,16,20,22H,4,9H2,1-3H3/t13-,16?,17+,18-/m1/s1. The zero-order valence-corrected chi connectivity index (χ0v) is 13.5. The number of hydrogen-bond donors (Lipinski definition) is 2. The van der Waals surface area contributed by atoms with Crippen molar-refractivity contribution in [2.75, 3.05) is 13.6 Å². The van der Waals surface area contributed by atoms with E-state index < -0.39 is 17.1 Å². The molecule has 1 aromatic carbocycles. The van der Waals surface area contributed by atoms with Gasteiger partial charge in [-0.1, -0.05) is 13.0 Å². The minimum atomic E-state index is -1.22. The van der Waals surface area contributed by atoms with Crippen molar-refractivity contribution in [2.24, 2.45) is 0 Å². The van der Waals surface area contributed by atoms with Crippen molar-refractivity contribution in [3.8, 4) is 11.5 Å². The van der Waals surface area contributed by atoms with Crippen LogP contribution in [0.2, 0.25) is 0 Å². The number of phenolic OH excluding ortho intramolecular Hbond substituents is 1. The topological polar surface area (TPSA) is 70.0 Å². The first-order chi connectivity index (χ1) is 10.8. The van der Waals surface area contributed by atoms with Gasteiger partial charge in [-0.2, -0.15) is 0 Å². The SMILES string of the molecule is CCN(C)[C@@H]1Cc2ccc(O)c3c2[C@@]2(C)C(O3)C(=O)C=C[C@@]12O. The molecule has 1 heterocycles. The van der Waals surface area contributed by atoms with Gasteiger partial charge in [0.2, 0.25) is 0 Å². The lowest BCUT2D eigenvalue weighted by Gasteiger charge is -2.54.